The number of aromatic amines is 1. The Morgan fingerprint density at radius 3 is 2.71 bits per heavy atom. The molecule has 14 heavy (non-hydrogen) atoms. The number of aromatic hydroxyl groups is 1. The highest BCUT2D eigenvalue weighted by Gasteiger charge is 2.48. The maximum atomic E-state index is 9.57. The third-order valence-electron chi connectivity index (χ3n) is 3.12. The normalized spacial score (nSPS) is 23.8. The summed E-state index contributed by atoms with van der Waals surface area (Å²) in [5.41, 5.74) is 1.26. The highest BCUT2D eigenvalue weighted by atomic mass is 16.3. The van der Waals surface area contributed by atoms with Crippen molar-refractivity contribution < 1.29 is 5.11 Å². The van der Waals surface area contributed by atoms with E-state index in [1.165, 1.54) is 6.42 Å². The van der Waals surface area contributed by atoms with E-state index in [-0.39, 0.29) is 5.88 Å². The molecule has 2 N–H and O–H groups in total. The van der Waals surface area contributed by atoms with E-state index in [0.29, 0.717) is 11.3 Å². The first-order chi connectivity index (χ1) is 6.54. The summed E-state index contributed by atoms with van der Waals surface area (Å²) in [4.78, 5) is 7.43. The summed E-state index contributed by atoms with van der Waals surface area (Å²) in [6.07, 6.45) is 3.08. The molecule has 3 nitrogen and oxygen atoms in total. The summed E-state index contributed by atoms with van der Waals surface area (Å²) >= 11 is 0. The molecule has 1 unspecified atom stereocenters. The molecule has 0 aliphatic heterocycles. The van der Waals surface area contributed by atoms with Gasteiger partial charge in [0, 0.05) is 5.92 Å². The van der Waals surface area contributed by atoms with Gasteiger partial charge in [-0.1, -0.05) is 27.2 Å². The van der Waals surface area contributed by atoms with E-state index in [0.717, 1.165) is 24.4 Å². The van der Waals surface area contributed by atoms with E-state index in [1.54, 1.807) is 0 Å². The topological polar surface area (TPSA) is 48.9 Å². The first-order valence-electron chi connectivity index (χ1n) is 5.32. The maximum absolute atomic E-state index is 9.57. The summed E-state index contributed by atoms with van der Waals surface area (Å²) in [5.74, 6) is 1.68. The fraction of sp³-hybridized carbons (Fsp3) is 0.727. The van der Waals surface area contributed by atoms with Crippen LogP contribution in [0.3, 0.4) is 0 Å². The van der Waals surface area contributed by atoms with E-state index in [1.807, 2.05) is 0 Å². The first kappa shape index (κ1) is 9.56. The molecule has 3 heteroatoms. The van der Waals surface area contributed by atoms with Gasteiger partial charge in [0.25, 0.3) is 0 Å². The Morgan fingerprint density at radius 1 is 1.57 bits per heavy atom. The first-order valence-corrected chi connectivity index (χ1v) is 5.32. The Labute approximate surface area is 84.6 Å². The van der Waals surface area contributed by atoms with Gasteiger partial charge in [0.15, 0.2) is 0 Å². The largest absolute Gasteiger partial charge is 0.492 e. The van der Waals surface area contributed by atoms with Gasteiger partial charge in [-0.2, -0.15) is 4.98 Å². The molecular weight excluding hydrogens is 176 g/mol. The molecule has 0 saturated heterocycles. The average molecular weight is 194 g/mol. The second-order valence-corrected chi connectivity index (χ2v) is 4.92. The van der Waals surface area contributed by atoms with Crippen molar-refractivity contribution in [3.8, 4) is 5.88 Å². The number of nitrogens with one attached hydrogen (secondary N) is 1. The second kappa shape index (κ2) is 3.01. The molecule has 1 aromatic rings. The molecule has 0 radical (unpaired) electrons. The lowest BCUT2D eigenvalue weighted by atomic mass is 10.1. The van der Waals surface area contributed by atoms with Gasteiger partial charge in [0.05, 0.1) is 5.69 Å². The van der Waals surface area contributed by atoms with Gasteiger partial charge < -0.3 is 10.1 Å². The second-order valence-electron chi connectivity index (χ2n) is 4.92. The van der Waals surface area contributed by atoms with Gasteiger partial charge >= 0.3 is 0 Å². The van der Waals surface area contributed by atoms with E-state index in [4.69, 9.17) is 0 Å². The Bertz CT molecular complexity index is 341. The molecule has 1 heterocycles. The van der Waals surface area contributed by atoms with Crippen LogP contribution in [0.4, 0.5) is 0 Å². The maximum Gasteiger partial charge on any atom is 0.232 e. The zero-order valence-corrected chi connectivity index (χ0v) is 9.09. The van der Waals surface area contributed by atoms with Crippen LogP contribution in [-0.2, 0) is 6.42 Å². The molecular formula is C11H18N2O. The highest BCUT2D eigenvalue weighted by molar-refractivity contribution is 5.25. The third kappa shape index (κ3) is 1.51. The number of H-pyrrole nitrogens is 1. The Morgan fingerprint density at radius 2 is 2.21 bits per heavy atom. The van der Waals surface area contributed by atoms with Crippen LogP contribution in [0, 0.1) is 5.41 Å². The van der Waals surface area contributed by atoms with Crippen molar-refractivity contribution in [2.75, 3.05) is 0 Å². The number of imidazole rings is 1. The van der Waals surface area contributed by atoms with Gasteiger partial charge in [-0.05, 0) is 18.3 Å². The molecule has 1 aliphatic rings. The molecule has 0 bridgehead atoms. The minimum atomic E-state index is 0.199. The standard InChI is InChI=1S/C11H18N2O/c1-4-5-8-10(14)13-9(12-8)7-6-11(7,2)3/h7,14H,4-6H2,1-3H3,(H,12,13). The summed E-state index contributed by atoms with van der Waals surface area (Å²) in [6.45, 7) is 6.56. The monoisotopic (exact) mass is 194 g/mol. The van der Waals surface area contributed by atoms with Gasteiger partial charge in [0.2, 0.25) is 5.88 Å². The Balaban J connectivity index is 2.17. The van der Waals surface area contributed by atoms with Crippen molar-refractivity contribution in [2.45, 2.75) is 46.0 Å². The SMILES string of the molecule is CCCc1[nH]c(C2CC2(C)C)nc1O. The van der Waals surface area contributed by atoms with Crippen molar-refractivity contribution in [3.05, 3.63) is 11.5 Å². The van der Waals surface area contributed by atoms with E-state index < -0.39 is 0 Å². The van der Waals surface area contributed by atoms with Gasteiger partial charge in [-0.15, -0.1) is 0 Å². The number of aryl methyl sites for hydroxylation is 1. The van der Waals surface area contributed by atoms with Crippen LogP contribution in [0.1, 0.15) is 51.0 Å². The minimum absolute atomic E-state index is 0.199. The van der Waals surface area contributed by atoms with Gasteiger partial charge in [-0.3, -0.25) is 0 Å². The van der Waals surface area contributed by atoms with Crippen LogP contribution in [0.25, 0.3) is 0 Å². The quantitative estimate of drug-likeness (QED) is 0.777. The zero-order valence-electron chi connectivity index (χ0n) is 9.09. The van der Waals surface area contributed by atoms with Crippen molar-refractivity contribution in [2.24, 2.45) is 5.41 Å². The number of nitrogens with zero attached hydrogens (tertiary/aromatic N) is 1. The summed E-state index contributed by atoms with van der Waals surface area (Å²) in [6, 6.07) is 0. The molecule has 0 amide bonds. The Hall–Kier alpha value is -0.990. The number of hydrogen-bond acceptors (Lipinski definition) is 2. The summed E-state index contributed by atoms with van der Waals surface area (Å²) in [7, 11) is 0. The molecule has 1 fully saturated rings. The van der Waals surface area contributed by atoms with E-state index in [9.17, 15) is 5.11 Å². The smallest absolute Gasteiger partial charge is 0.232 e. The summed E-state index contributed by atoms with van der Waals surface area (Å²) < 4.78 is 0. The fourth-order valence-corrected chi connectivity index (χ4v) is 1.94. The van der Waals surface area contributed by atoms with Crippen molar-refractivity contribution in [1.29, 1.82) is 0 Å². The van der Waals surface area contributed by atoms with Crippen molar-refractivity contribution in [1.82, 2.24) is 9.97 Å². The third-order valence-corrected chi connectivity index (χ3v) is 3.12. The molecule has 0 aromatic carbocycles. The lowest BCUT2D eigenvalue weighted by Crippen LogP contribution is -1.92. The van der Waals surface area contributed by atoms with Crippen molar-refractivity contribution >= 4 is 0 Å². The van der Waals surface area contributed by atoms with Crippen LogP contribution in [0.2, 0.25) is 0 Å². The van der Waals surface area contributed by atoms with Gasteiger partial charge in [0.1, 0.15) is 5.82 Å². The van der Waals surface area contributed by atoms with Crippen LogP contribution in [0.15, 0.2) is 0 Å². The number of aromatic nitrogens is 2. The average Bonchev–Trinajstić information content (AvgIpc) is 2.57. The molecule has 1 saturated carbocycles. The number of rotatable bonds is 3. The van der Waals surface area contributed by atoms with Gasteiger partial charge in [-0.25, -0.2) is 0 Å². The predicted octanol–water partition coefficient (Wildman–Crippen LogP) is 2.58. The van der Waals surface area contributed by atoms with Crippen LogP contribution in [0.5, 0.6) is 5.88 Å². The summed E-state index contributed by atoms with van der Waals surface area (Å²) in [5, 5.41) is 9.57. The Kier molecular flexibility index (Phi) is 2.05. The molecule has 78 valence electrons. The van der Waals surface area contributed by atoms with Crippen LogP contribution >= 0.6 is 0 Å². The van der Waals surface area contributed by atoms with Crippen LogP contribution in [-0.4, -0.2) is 15.1 Å². The number of hydrogen-bond donors (Lipinski definition) is 2. The molecule has 1 atom stereocenters. The zero-order chi connectivity index (χ0) is 10.3. The fourth-order valence-electron chi connectivity index (χ4n) is 1.94. The molecule has 0 spiro atoms. The lowest BCUT2D eigenvalue weighted by molar-refractivity contribution is 0.447. The molecule has 1 aromatic heterocycles. The molecule has 2 rings (SSSR count). The highest BCUT2D eigenvalue weighted by Crippen LogP contribution is 2.57. The predicted molar refractivity (Wildman–Crippen MR) is 55.4 cm³/mol. The lowest BCUT2D eigenvalue weighted by Gasteiger charge is -1.98. The van der Waals surface area contributed by atoms with Crippen LogP contribution < -0.4 is 0 Å². The van der Waals surface area contributed by atoms with E-state index >= 15 is 0 Å². The minimum Gasteiger partial charge on any atom is -0.492 e. The molecule has 1 aliphatic carbocycles. The van der Waals surface area contributed by atoms with Crippen molar-refractivity contribution in [3.63, 3.8) is 0 Å². The van der Waals surface area contributed by atoms with E-state index in [2.05, 4.69) is 30.7 Å².